The van der Waals surface area contributed by atoms with Crippen molar-refractivity contribution < 1.29 is 31.6 Å². The Bertz CT molecular complexity index is 956. The van der Waals surface area contributed by atoms with Gasteiger partial charge in [0.15, 0.2) is 11.6 Å². The molecule has 0 atom stereocenters. The third kappa shape index (κ3) is 5.79. The van der Waals surface area contributed by atoms with Crippen LogP contribution in [0, 0.1) is 11.6 Å². The van der Waals surface area contributed by atoms with Crippen molar-refractivity contribution in [2.45, 2.75) is 12.6 Å². The number of nitrogens with zero attached hydrogens (tertiary/aromatic N) is 1. The summed E-state index contributed by atoms with van der Waals surface area (Å²) in [4.78, 5) is 20.8. The molecule has 0 spiro atoms. The lowest BCUT2D eigenvalue weighted by Gasteiger charge is -2.17. The molecule has 0 aliphatic heterocycles. The number of carbonyl (C=O) groups excluding carboxylic acids is 1. The molecular formula is C18H14ClF5IN3O2. The predicted molar refractivity (Wildman–Crippen MR) is 110 cm³/mol. The van der Waals surface area contributed by atoms with Crippen molar-refractivity contribution in [1.29, 1.82) is 0 Å². The van der Waals surface area contributed by atoms with E-state index < -0.39 is 45.6 Å². The highest BCUT2D eigenvalue weighted by Crippen LogP contribution is 2.34. The number of alkyl halides is 4. The predicted octanol–water partition coefficient (Wildman–Crippen LogP) is 5.60. The molecule has 0 unspecified atom stereocenters. The number of benzene rings is 1. The van der Waals surface area contributed by atoms with Gasteiger partial charge in [-0.25, -0.2) is 19.2 Å². The Labute approximate surface area is 186 Å². The van der Waals surface area contributed by atoms with Gasteiger partial charge in [0.2, 0.25) is 0 Å². The Morgan fingerprint density at radius 3 is 2.60 bits per heavy atom. The second-order valence-electron chi connectivity index (χ2n) is 5.73. The molecule has 162 valence electrons. The Morgan fingerprint density at radius 2 is 2.00 bits per heavy atom. The van der Waals surface area contributed by atoms with Crippen LogP contribution in [0.2, 0.25) is 5.02 Å². The summed E-state index contributed by atoms with van der Waals surface area (Å²) in [6.07, 6.45) is -2.59. The SMILES string of the molecule is C=CCONC(=O)c1cc(Cl)c(F)c(F)c1Nc1ncc(C(F)(F)F)cc1CCI. The van der Waals surface area contributed by atoms with E-state index in [1.54, 1.807) is 0 Å². The molecule has 0 saturated heterocycles. The molecule has 1 aromatic carbocycles. The summed E-state index contributed by atoms with van der Waals surface area (Å²) in [6.45, 7) is 3.32. The zero-order valence-electron chi connectivity index (χ0n) is 15.0. The van der Waals surface area contributed by atoms with E-state index in [1.165, 1.54) is 6.08 Å². The molecule has 5 nitrogen and oxygen atoms in total. The maximum absolute atomic E-state index is 14.6. The molecule has 2 aromatic rings. The minimum atomic E-state index is -4.63. The van der Waals surface area contributed by atoms with E-state index in [-0.39, 0.29) is 24.4 Å². The van der Waals surface area contributed by atoms with E-state index in [0.29, 0.717) is 10.6 Å². The van der Waals surface area contributed by atoms with Gasteiger partial charge in [-0.2, -0.15) is 13.2 Å². The van der Waals surface area contributed by atoms with E-state index in [4.69, 9.17) is 16.4 Å². The Morgan fingerprint density at radius 1 is 1.30 bits per heavy atom. The molecule has 0 fully saturated rings. The van der Waals surface area contributed by atoms with Gasteiger partial charge >= 0.3 is 6.18 Å². The third-order valence-corrected chi connectivity index (χ3v) is 4.49. The molecule has 0 aliphatic carbocycles. The van der Waals surface area contributed by atoms with E-state index in [0.717, 1.165) is 12.1 Å². The number of carbonyl (C=O) groups is 1. The van der Waals surface area contributed by atoms with E-state index >= 15 is 0 Å². The maximum atomic E-state index is 14.6. The van der Waals surface area contributed by atoms with Gasteiger partial charge in [0.1, 0.15) is 5.82 Å². The largest absolute Gasteiger partial charge is 0.417 e. The van der Waals surface area contributed by atoms with Gasteiger partial charge in [-0.15, -0.1) is 6.58 Å². The van der Waals surface area contributed by atoms with Crippen LogP contribution in [0.5, 0.6) is 0 Å². The Hall–Kier alpha value is -1.99. The topological polar surface area (TPSA) is 63.2 Å². The third-order valence-electron chi connectivity index (χ3n) is 3.67. The monoisotopic (exact) mass is 561 g/mol. The van der Waals surface area contributed by atoms with Crippen LogP contribution in [0.3, 0.4) is 0 Å². The van der Waals surface area contributed by atoms with Crippen molar-refractivity contribution in [3.05, 3.63) is 64.3 Å². The van der Waals surface area contributed by atoms with Crippen molar-refractivity contribution in [2.24, 2.45) is 0 Å². The summed E-state index contributed by atoms with van der Waals surface area (Å²) < 4.78 is 68.0. The molecule has 2 rings (SSSR count). The second kappa shape index (κ2) is 10.4. The summed E-state index contributed by atoms with van der Waals surface area (Å²) in [6, 6.07) is 1.71. The normalized spacial score (nSPS) is 11.3. The van der Waals surface area contributed by atoms with Crippen LogP contribution in [0.25, 0.3) is 0 Å². The molecule has 0 bridgehead atoms. The fourth-order valence-corrected chi connectivity index (χ4v) is 3.08. The fraction of sp³-hybridized carbons (Fsp3) is 0.222. The van der Waals surface area contributed by atoms with Crippen LogP contribution in [0.4, 0.5) is 33.5 Å². The number of hydrogen-bond acceptors (Lipinski definition) is 4. The van der Waals surface area contributed by atoms with Crippen LogP contribution < -0.4 is 10.8 Å². The number of amides is 1. The number of pyridine rings is 1. The second-order valence-corrected chi connectivity index (χ2v) is 7.22. The van der Waals surface area contributed by atoms with E-state index in [9.17, 15) is 26.7 Å². The number of hydroxylamine groups is 1. The summed E-state index contributed by atoms with van der Waals surface area (Å²) >= 11 is 7.58. The maximum Gasteiger partial charge on any atom is 0.417 e. The van der Waals surface area contributed by atoms with Crippen molar-refractivity contribution in [3.63, 3.8) is 0 Å². The van der Waals surface area contributed by atoms with Crippen LogP contribution in [0.1, 0.15) is 21.5 Å². The molecule has 12 heteroatoms. The van der Waals surface area contributed by atoms with E-state index in [2.05, 4.69) is 16.9 Å². The molecule has 2 N–H and O–H groups in total. The summed E-state index contributed by atoms with van der Waals surface area (Å²) in [5.74, 6) is -4.08. The van der Waals surface area contributed by atoms with Crippen LogP contribution in [-0.4, -0.2) is 21.9 Å². The van der Waals surface area contributed by atoms with Gasteiger partial charge in [0.25, 0.3) is 5.91 Å². The quantitative estimate of drug-likeness (QED) is 0.0838. The average Bonchev–Trinajstić information content (AvgIpc) is 2.68. The molecule has 30 heavy (non-hydrogen) atoms. The molecular weight excluding hydrogens is 548 g/mol. The highest BCUT2D eigenvalue weighted by atomic mass is 127. The van der Waals surface area contributed by atoms with Gasteiger partial charge in [-0.05, 0) is 24.1 Å². The summed E-state index contributed by atoms with van der Waals surface area (Å²) in [5, 5.41) is 1.75. The lowest BCUT2D eigenvalue weighted by Crippen LogP contribution is -2.25. The first kappa shape index (κ1) is 24.3. The molecule has 0 radical (unpaired) electrons. The molecule has 1 heterocycles. The van der Waals surface area contributed by atoms with Gasteiger partial charge in [-0.3, -0.25) is 9.63 Å². The molecule has 0 aliphatic rings. The molecule has 0 saturated carbocycles. The first-order valence-corrected chi connectivity index (χ1v) is 10.1. The smallest absolute Gasteiger partial charge is 0.337 e. The standard InChI is InChI=1S/C18H14ClF5IN3O2/c1-2-5-30-28-17(29)11-7-12(19)13(20)14(21)15(11)27-16-9(3-4-25)6-10(8-26-16)18(22,23)24/h2,6-8H,1,3-5H2,(H,26,27)(H,28,29). The van der Waals surface area contributed by atoms with Crippen molar-refractivity contribution in [1.82, 2.24) is 10.5 Å². The number of aromatic nitrogens is 1. The number of rotatable bonds is 8. The average molecular weight is 562 g/mol. The van der Waals surface area contributed by atoms with Gasteiger partial charge < -0.3 is 5.32 Å². The molecule has 1 amide bonds. The Kier molecular flexibility index (Phi) is 8.38. The number of hydrogen-bond donors (Lipinski definition) is 2. The lowest BCUT2D eigenvalue weighted by molar-refractivity contribution is -0.137. The van der Waals surface area contributed by atoms with Crippen molar-refractivity contribution in [2.75, 3.05) is 16.4 Å². The summed E-state index contributed by atoms with van der Waals surface area (Å²) in [5.41, 5.74) is 0.0128. The van der Waals surface area contributed by atoms with Gasteiger partial charge in [0, 0.05) is 10.6 Å². The highest BCUT2D eigenvalue weighted by molar-refractivity contribution is 14.1. The number of anilines is 2. The lowest BCUT2D eigenvalue weighted by atomic mass is 10.1. The van der Waals surface area contributed by atoms with Crippen LogP contribution in [0.15, 0.2) is 31.0 Å². The number of aryl methyl sites for hydroxylation is 1. The summed E-state index contributed by atoms with van der Waals surface area (Å²) in [7, 11) is 0. The zero-order chi connectivity index (χ0) is 22.5. The fourth-order valence-electron chi connectivity index (χ4n) is 2.31. The van der Waals surface area contributed by atoms with Crippen molar-refractivity contribution in [3.8, 4) is 0 Å². The van der Waals surface area contributed by atoms with Crippen LogP contribution in [-0.2, 0) is 17.4 Å². The molecule has 1 aromatic heterocycles. The van der Waals surface area contributed by atoms with Gasteiger partial charge in [0.05, 0.1) is 28.4 Å². The number of halogens is 7. The zero-order valence-corrected chi connectivity index (χ0v) is 18.0. The Balaban J connectivity index is 2.52. The minimum Gasteiger partial charge on any atom is -0.337 e. The highest BCUT2D eigenvalue weighted by Gasteiger charge is 2.32. The first-order chi connectivity index (χ1) is 14.1. The van der Waals surface area contributed by atoms with E-state index in [1.807, 2.05) is 28.1 Å². The number of nitrogens with one attached hydrogen (secondary N) is 2. The van der Waals surface area contributed by atoms with Crippen molar-refractivity contribution >= 4 is 51.6 Å². The van der Waals surface area contributed by atoms with Crippen LogP contribution >= 0.6 is 34.2 Å². The van der Waals surface area contributed by atoms with Gasteiger partial charge in [-0.1, -0.05) is 40.3 Å². The minimum absolute atomic E-state index is 0.0633. The first-order valence-electron chi connectivity index (χ1n) is 8.19.